The zero-order valence-corrected chi connectivity index (χ0v) is 15.0. The maximum atomic E-state index is 14.0. The van der Waals surface area contributed by atoms with Gasteiger partial charge in [-0.25, -0.2) is 9.07 Å². The lowest BCUT2D eigenvalue weighted by molar-refractivity contribution is 0.422. The highest BCUT2D eigenvalue weighted by Gasteiger charge is 2.16. The molecule has 0 saturated heterocycles. The SMILES string of the molecule is Cc1ccc(F)c(-c2nc(CSc3cnccc3-c3nncn3N)no2)c1. The fourth-order valence-electron chi connectivity index (χ4n) is 2.48. The quantitative estimate of drug-likeness (QED) is 0.414. The van der Waals surface area contributed by atoms with Crippen molar-refractivity contribution in [1.82, 2.24) is 30.0 Å². The van der Waals surface area contributed by atoms with E-state index in [2.05, 4.69) is 25.3 Å². The molecule has 0 unspecified atom stereocenters. The molecule has 0 fully saturated rings. The molecule has 136 valence electrons. The third-order valence-corrected chi connectivity index (χ3v) is 4.81. The Balaban J connectivity index is 1.55. The van der Waals surface area contributed by atoms with Crippen LogP contribution in [0.3, 0.4) is 0 Å². The number of hydrogen-bond acceptors (Lipinski definition) is 8. The molecule has 0 amide bonds. The Kier molecular flexibility index (Phi) is 4.55. The number of nitrogen functional groups attached to an aromatic ring is 1. The van der Waals surface area contributed by atoms with Crippen molar-refractivity contribution in [3.05, 3.63) is 60.2 Å². The number of nitrogens with two attached hydrogens (primary N) is 1. The second kappa shape index (κ2) is 7.16. The normalized spacial score (nSPS) is 11.0. The number of rotatable bonds is 5. The first-order valence-electron chi connectivity index (χ1n) is 7.93. The number of thioether (sulfide) groups is 1. The average molecular weight is 383 g/mol. The molecule has 3 aromatic heterocycles. The highest BCUT2D eigenvalue weighted by atomic mass is 32.2. The molecule has 27 heavy (non-hydrogen) atoms. The summed E-state index contributed by atoms with van der Waals surface area (Å²) in [6.45, 7) is 1.87. The molecule has 0 atom stereocenters. The number of halogens is 1. The summed E-state index contributed by atoms with van der Waals surface area (Å²) in [5, 5.41) is 11.7. The molecule has 0 bridgehead atoms. The molecule has 0 saturated carbocycles. The van der Waals surface area contributed by atoms with E-state index in [9.17, 15) is 4.39 Å². The van der Waals surface area contributed by atoms with Crippen LogP contribution < -0.4 is 5.84 Å². The van der Waals surface area contributed by atoms with Crippen LogP contribution in [0, 0.1) is 12.7 Å². The molecule has 8 nitrogen and oxygen atoms in total. The van der Waals surface area contributed by atoms with Crippen molar-refractivity contribution in [3.63, 3.8) is 0 Å². The third-order valence-electron chi connectivity index (χ3n) is 3.78. The van der Waals surface area contributed by atoms with Crippen LogP contribution in [0.1, 0.15) is 11.4 Å². The zero-order valence-electron chi connectivity index (χ0n) is 14.2. The highest BCUT2D eigenvalue weighted by Crippen LogP contribution is 2.31. The van der Waals surface area contributed by atoms with Crippen LogP contribution in [-0.4, -0.2) is 30.0 Å². The number of pyridine rings is 1. The number of benzene rings is 1. The van der Waals surface area contributed by atoms with Crippen LogP contribution in [0.15, 0.2) is 52.4 Å². The molecule has 2 N–H and O–H groups in total. The summed E-state index contributed by atoms with van der Waals surface area (Å²) in [6.07, 6.45) is 4.78. The van der Waals surface area contributed by atoms with Gasteiger partial charge in [0.2, 0.25) is 0 Å². The predicted molar refractivity (Wildman–Crippen MR) is 97.4 cm³/mol. The van der Waals surface area contributed by atoms with Crippen LogP contribution in [-0.2, 0) is 5.75 Å². The minimum absolute atomic E-state index is 0.153. The molecule has 1 aromatic carbocycles. The summed E-state index contributed by atoms with van der Waals surface area (Å²) >= 11 is 1.45. The van der Waals surface area contributed by atoms with E-state index in [4.69, 9.17) is 10.4 Å². The summed E-state index contributed by atoms with van der Waals surface area (Å²) in [7, 11) is 0. The minimum Gasteiger partial charge on any atom is -0.336 e. The van der Waals surface area contributed by atoms with Crippen LogP contribution in [0.25, 0.3) is 22.8 Å². The Morgan fingerprint density at radius 3 is 2.96 bits per heavy atom. The molecular formula is C17H14FN7OS. The van der Waals surface area contributed by atoms with Gasteiger partial charge in [0.1, 0.15) is 12.1 Å². The molecule has 0 spiro atoms. The number of aromatic nitrogens is 6. The van der Waals surface area contributed by atoms with Crippen molar-refractivity contribution in [2.45, 2.75) is 17.6 Å². The van der Waals surface area contributed by atoms with E-state index in [0.717, 1.165) is 16.0 Å². The largest absolute Gasteiger partial charge is 0.336 e. The number of nitrogens with zero attached hydrogens (tertiary/aromatic N) is 6. The second-order valence-corrected chi connectivity index (χ2v) is 6.74. The zero-order chi connectivity index (χ0) is 18.8. The molecule has 0 aliphatic heterocycles. The summed E-state index contributed by atoms with van der Waals surface area (Å²) in [6, 6.07) is 6.55. The Morgan fingerprint density at radius 2 is 2.15 bits per heavy atom. The van der Waals surface area contributed by atoms with E-state index in [1.165, 1.54) is 28.8 Å². The third kappa shape index (κ3) is 3.51. The molecule has 10 heteroatoms. The van der Waals surface area contributed by atoms with Crippen molar-refractivity contribution >= 4 is 11.8 Å². The fourth-order valence-corrected chi connectivity index (χ4v) is 3.33. The van der Waals surface area contributed by atoms with Gasteiger partial charge in [0.25, 0.3) is 5.89 Å². The maximum absolute atomic E-state index is 14.0. The second-order valence-electron chi connectivity index (χ2n) is 5.72. The Labute approximate surface area is 157 Å². The lowest BCUT2D eigenvalue weighted by atomic mass is 10.1. The van der Waals surface area contributed by atoms with Gasteiger partial charge in [0.15, 0.2) is 11.6 Å². The smallest absolute Gasteiger partial charge is 0.260 e. The van der Waals surface area contributed by atoms with Gasteiger partial charge in [-0.15, -0.1) is 22.0 Å². The lowest BCUT2D eigenvalue weighted by Crippen LogP contribution is -2.08. The van der Waals surface area contributed by atoms with Crippen LogP contribution in [0.2, 0.25) is 0 Å². The minimum atomic E-state index is -0.403. The van der Waals surface area contributed by atoms with Crippen molar-refractivity contribution in [3.8, 4) is 22.8 Å². The predicted octanol–water partition coefficient (Wildman–Crippen LogP) is 2.84. The van der Waals surface area contributed by atoms with Gasteiger partial charge in [0.05, 0.1) is 11.3 Å². The first-order valence-corrected chi connectivity index (χ1v) is 8.92. The van der Waals surface area contributed by atoms with Crippen molar-refractivity contribution in [1.29, 1.82) is 0 Å². The van der Waals surface area contributed by atoms with E-state index in [-0.39, 0.29) is 11.5 Å². The maximum Gasteiger partial charge on any atom is 0.260 e. The van der Waals surface area contributed by atoms with Crippen LogP contribution in [0.4, 0.5) is 4.39 Å². The lowest BCUT2D eigenvalue weighted by Gasteiger charge is -2.06. The van der Waals surface area contributed by atoms with Crippen LogP contribution >= 0.6 is 11.8 Å². The Hall–Kier alpha value is -3.27. The van der Waals surface area contributed by atoms with Crippen molar-refractivity contribution in [2.24, 2.45) is 0 Å². The summed E-state index contributed by atoms with van der Waals surface area (Å²) in [5.41, 5.74) is 1.99. The van der Waals surface area contributed by atoms with Gasteiger partial charge in [0, 0.05) is 22.9 Å². The van der Waals surface area contributed by atoms with E-state index < -0.39 is 5.82 Å². The van der Waals surface area contributed by atoms with Gasteiger partial charge in [-0.2, -0.15) is 4.98 Å². The van der Waals surface area contributed by atoms with Gasteiger partial charge in [-0.1, -0.05) is 16.8 Å². The summed E-state index contributed by atoms with van der Waals surface area (Å²) < 4.78 is 20.6. The molecule has 4 rings (SSSR count). The van der Waals surface area contributed by atoms with E-state index in [1.54, 1.807) is 30.6 Å². The molecule has 0 aliphatic carbocycles. The van der Waals surface area contributed by atoms with Crippen LogP contribution in [0.5, 0.6) is 0 Å². The average Bonchev–Trinajstić information content (AvgIpc) is 3.31. The van der Waals surface area contributed by atoms with E-state index in [0.29, 0.717) is 17.4 Å². The summed E-state index contributed by atoms with van der Waals surface area (Å²) in [5.74, 6) is 6.96. The van der Waals surface area contributed by atoms with E-state index >= 15 is 0 Å². The highest BCUT2D eigenvalue weighted by molar-refractivity contribution is 7.98. The standard InChI is InChI=1S/C17H14FN7OS/c1-10-2-3-13(18)12(6-10)17-22-15(24-26-17)8-27-14-7-20-5-4-11(14)16-23-21-9-25(16)19/h2-7,9H,8,19H2,1H3. The molecule has 0 radical (unpaired) electrons. The molecular weight excluding hydrogens is 369 g/mol. The first kappa shape index (κ1) is 17.2. The summed E-state index contributed by atoms with van der Waals surface area (Å²) in [4.78, 5) is 9.27. The Bertz CT molecular complexity index is 1090. The molecule has 0 aliphatic rings. The van der Waals surface area contributed by atoms with Gasteiger partial charge >= 0.3 is 0 Å². The monoisotopic (exact) mass is 383 g/mol. The molecule has 3 heterocycles. The van der Waals surface area contributed by atoms with Crippen molar-refractivity contribution in [2.75, 3.05) is 5.84 Å². The topological polar surface area (TPSA) is 109 Å². The number of aryl methyl sites for hydroxylation is 1. The van der Waals surface area contributed by atoms with Gasteiger partial charge < -0.3 is 10.4 Å². The first-order chi connectivity index (χ1) is 13.1. The van der Waals surface area contributed by atoms with Gasteiger partial charge in [-0.05, 0) is 25.1 Å². The molecule has 4 aromatic rings. The fraction of sp³-hybridized carbons (Fsp3) is 0.118. The van der Waals surface area contributed by atoms with E-state index in [1.807, 2.05) is 6.92 Å². The van der Waals surface area contributed by atoms with Crippen molar-refractivity contribution < 1.29 is 8.91 Å². The Morgan fingerprint density at radius 1 is 1.26 bits per heavy atom. The van der Waals surface area contributed by atoms with Gasteiger partial charge in [-0.3, -0.25) is 4.98 Å². The number of hydrogen-bond donors (Lipinski definition) is 1.